The summed E-state index contributed by atoms with van der Waals surface area (Å²) in [7, 11) is -3.47. The smallest absolute Gasteiger partial charge is 0.243 e. The zero-order valence-corrected chi connectivity index (χ0v) is 16.5. The first kappa shape index (κ1) is 17.6. The van der Waals surface area contributed by atoms with Crippen LogP contribution in [0, 0.1) is 6.92 Å². The number of piperidine rings is 1. The third-order valence-corrected chi connectivity index (χ3v) is 7.75. The number of hydrogen-bond donors (Lipinski definition) is 0. The maximum absolute atomic E-state index is 13.1. The normalized spacial score (nSPS) is 18.3. The first-order valence-electron chi connectivity index (χ1n) is 9.58. The van der Waals surface area contributed by atoms with Gasteiger partial charge in [0, 0.05) is 25.7 Å². The van der Waals surface area contributed by atoms with Crippen molar-refractivity contribution in [2.45, 2.75) is 37.0 Å². The van der Waals surface area contributed by atoms with Crippen LogP contribution in [0.3, 0.4) is 0 Å². The van der Waals surface area contributed by atoms with E-state index >= 15 is 0 Å². The molecule has 1 saturated heterocycles. The Morgan fingerprint density at radius 3 is 2.82 bits per heavy atom. The predicted molar refractivity (Wildman–Crippen MR) is 104 cm³/mol. The van der Waals surface area contributed by atoms with Crippen molar-refractivity contribution in [3.63, 3.8) is 0 Å². The summed E-state index contributed by atoms with van der Waals surface area (Å²) in [5.41, 5.74) is 4.22. The minimum absolute atomic E-state index is 0.327. The van der Waals surface area contributed by atoms with Gasteiger partial charge in [-0.15, -0.1) is 0 Å². The van der Waals surface area contributed by atoms with E-state index in [2.05, 4.69) is 17.0 Å². The van der Waals surface area contributed by atoms with Crippen LogP contribution in [-0.4, -0.2) is 47.0 Å². The number of benzene rings is 1. The summed E-state index contributed by atoms with van der Waals surface area (Å²) in [4.78, 5) is 4.59. The van der Waals surface area contributed by atoms with Gasteiger partial charge in [0.2, 0.25) is 10.0 Å². The molecule has 0 amide bonds. The molecule has 7 nitrogen and oxygen atoms in total. The Hall–Kier alpha value is -2.45. The first-order valence-corrected chi connectivity index (χ1v) is 11.0. The molecule has 2 aliphatic heterocycles. The minimum atomic E-state index is -3.47. The van der Waals surface area contributed by atoms with Crippen LogP contribution in [0.25, 0.3) is 5.65 Å². The Balaban J connectivity index is 1.35. The summed E-state index contributed by atoms with van der Waals surface area (Å²) in [6.45, 7) is 3.75. The van der Waals surface area contributed by atoms with E-state index in [9.17, 15) is 8.42 Å². The standard InChI is InChI=1S/C20H22N4O3S/c1-14-10-20-21-13-22-24(20)12-18(14)15-4-7-23(8-5-15)28(25,26)17-2-3-19-16(11-17)6-9-27-19/h2-3,10-13,15H,4-9H2,1H3. The summed E-state index contributed by atoms with van der Waals surface area (Å²) in [5.74, 6) is 1.13. The van der Waals surface area contributed by atoms with E-state index in [1.165, 1.54) is 11.1 Å². The van der Waals surface area contributed by atoms with Gasteiger partial charge < -0.3 is 4.74 Å². The van der Waals surface area contributed by atoms with Crippen LogP contribution in [0.15, 0.2) is 41.7 Å². The highest BCUT2D eigenvalue weighted by Gasteiger charge is 2.31. The maximum Gasteiger partial charge on any atom is 0.243 e. The Morgan fingerprint density at radius 2 is 2.00 bits per heavy atom. The minimum Gasteiger partial charge on any atom is -0.493 e. The molecule has 3 aromatic rings. The number of ether oxygens (including phenoxy) is 1. The fraction of sp³-hybridized carbons (Fsp3) is 0.400. The Kier molecular flexibility index (Phi) is 4.13. The van der Waals surface area contributed by atoms with E-state index < -0.39 is 10.0 Å². The maximum atomic E-state index is 13.1. The van der Waals surface area contributed by atoms with Crippen molar-refractivity contribution in [1.82, 2.24) is 18.9 Å². The molecule has 0 radical (unpaired) electrons. The van der Waals surface area contributed by atoms with E-state index in [0.717, 1.165) is 36.2 Å². The van der Waals surface area contributed by atoms with Crippen LogP contribution in [0.5, 0.6) is 5.75 Å². The Labute approximate surface area is 164 Å². The van der Waals surface area contributed by atoms with E-state index in [-0.39, 0.29) is 0 Å². The number of rotatable bonds is 3. The second-order valence-electron chi connectivity index (χ2n) is 7.52. The van der Waals surface area contributed by atoms with Gasteiger partial charge in [0.15, 0.2) is 5.65 Å². The molecule has 8 heteroatoms. The third kappa shape index (κ3) is 2.87. The van der Waals surface area contributed by atoms with Crippen molar-refractivity contribution in [3.05, 3.63) is 53.5 Å². The zero-order chi connectivity index (χ0) is 19.3. The van der Waals surface area contributed by atoms with Crippen molar-refractivity contribution in [2.24, 2.45) is 0 Å². The zero-order valence-electron chi connectivity index (χ0n) is 15.7. The van der Waals surface area contributed by atoms with E-state index in [0.29, 0.717) is 30.5 Å². The number of nitrogens with zero attached hydrogens (tertiary/aromatic N) is 4. The third-order valence-electron chi connectivity index (χ3n) is 5.86. The molecule has 146 valence electrons. The molecule has 0 saturated carbocycles. The van der Waals surface area contributed by atoms with Gasteiger partial charge in [-0.25, -0.2) is 17.9 Å². The van der Waals surface area contributed by atoms with Crippen molar-refractivity contribution in [3.8, 4) is 5.75 Å². The molecule has 1 aromatic carbocycles. The lowest BCUT2D eigenvalue weighted by Crippen LogP contribution is -2.38. The number of aryl methyl sites for hydroxylation is 1. The number of hydrogen-bond acceptors (Lipinski definition) is 5. The topological polar surface area (TPSA) is 76.8 Å². The lowest BCUT2D eigenvalue weighted by molar-refractivity contribution is 0.318. The van der Waals surface area contributed by atoms with Crippen molar-refractivity contribution in [2.75, 3.05) is 19.7 Å². The molecule has 4 heterocycles. The molecular formula is C20H22N4O3S. The van der Waals surface area contributed by atoms with Crippen LogP contribution < -0.4 is 4.74 Å². The van der Waals surface area contributed by atoms with Gasteiger partial charge in [0.25, 0.3) is 0 Å². The Bertz CT molecular complexity index is 1150. The number of aromatic nitrogens is 3. The highest BCUT2D eigenvalue weighted by molar-refractivity contribution is 7.89. The highest BCUT2D eigenvalue weighted by atomic mass is 32.2. The molecule has 0 N–H and O–H groups in total. The van der Waals surface area contributed by atoms with Gasteiger partial charge in [-0.3, -0.25) is 0 Å². The number of pyridine rings is 1. The molecule has 1 fully saturated rings. The van der Waals surface area contributed by atoms with Gasteiger partial charge in [-0.1, -0.05) is 0 Å². The van der Waals surface area contributed by atoms with Crippen LogP contribution in [-0.2, 0) is 16.4 Å². The molecule has 2 aromatic heterocycles. The van der Waals surface area contributed by atoms with Gasteiger partial charge in [-0.05, 0) is 66.6 Å². The molecule has 0 bridgehead atoms. The van der Waals surface area contributed by atoms with Gasteiger partial charge >= 0.3 is 0 Å². The first-order chi connectivity index (χ1) is 13.5. The summed E-state index contributed by atoms with van der Waals surface area (Å²) < 4.78 is 35.1. The molecule has 5 rings (SSSR count). The van der Waals surface area contributed by atoms with Crippen molar-refractivity contribution in [1.29, 1.82) is 0 Å². The lowest BCUT2D eigenvalue weighted by atomic mass is 9.89. The average molecular weight is 398 g/mol. The average Bonchev–Trinajstić information content (AvgIpc) is 3.35. The van der Waals surface area contributed by atoms with Crippen LogP contribution >= 0.6 is 0 Å². The van der Waals surface area contributed by atoms with Crippen molar-refractivity contribution < 1.29 is 13.2 Å². The van der Waals surface area contributed by atoms with E-state index in [1.807, 2.05) is 12.3 Å². The summed E-state index contributed by atoms with van der Waals surface area (Å²) in [5, 5.41) is 4.23. The molecule has 0 atom stereocenters. The summed E-state index contributed by atoms with van der Waals surface area (Å²) in [6.07, 6.45) is 5.95. The van der Waals surface area contributed by atoms with Crippen LogP contribution in [0.1, 0.15) is 35.4 Å². The largest absolute Gasteiger partial charge is 0.493 e. The van der Waals surface area contributed by atoms with Crippen molar-refractivity contribution >= 4 is 15.7 Å². The summed E-state index contributed by atoms with van der Waals surface area (Å²) >= 11 is 0. The predicted octanol–water partition coefficient (Wildman–Crippen LogP) is 2.54. The monoisotopic (exact) mass is 398 g/mol. The van der Waals surface area contributed by atoms with Gasteiger partial charge in [-0.2, -0.15) is 9.40 Å². The number of sulfonamides is 1. The lowest BCUT2D eigenvalue weighted by Gasteiger charge is -2.32. The molecule has 28 heavy (non-hydrogen) atoms. The Morgan fingerprint density at radius 1 is 1.18 bits per heavy atom. The van der Waals surface area contributed by atoms with E-state index in [4.69, 9.17) is 4.74 Å². The van der Waals surface area contributed by atoms with E-state index in [1.54, 1.807) is 33.3 Å². The van der Waals surface area contributed by atoms with Crippen LogP contribution in [0.2, 0.25) is 0 Å². The quantitative estimate of drug-likeness (QED) is 0.678. The fourth-order valence-corrected chi connectivity index (χ4v) is 5.80. The highest BCUT2D eigenvalue weighted by Crippen LogP contribution is 2.34. The fourth-order valence-electron chi connectivity index (χ4n) is 4.28. The summed E-state index contributed by atoms with van der Waals surface area (Å²) in [6, 6.07) is 7.25. The SMILES string of the molecule is Cc1cc2ncnn2cc1C1CCN(S(=O)(=O)c2ccc3c(c2)CCO3)CC1. The van der Waals surface area contributed by atoms with Gasteiger partial charge in [0.1, 0.15) is 12.1 Å². The van der Waals surface area contributed by atoms with Gasteiger partial charge in [0.05, 0.1) is 11.5 Å². The molecular weight excluding hydrogens is 376 g/mol. The second-order valence-corrected chi connectivity index (χ2v) is 9.46. The van der Waals surface area contributed by atoms with Crippen LogP contribution in [0.4, 0.5) is 0 Å². The number of fused-ring (bicyclic) bond motifs is 2. The second kappa shape index (κ2) is 6.56. The molecule has 0 unspecified atom stereocenters. The molecule has 2 aliphatic rings. The molecule has 0 aliphatic carbocycles. The molecule has 0 spiro atoms.